The second-order valence-corrected chi connectivity index (χ2v) is 9.59. The number of hydrogen-bond donors (Lipinski definition) is 3. The number of hydrazine groups is 1. The van der Waals surface area contributed by atoms with Gasteiger partial charge in [-0.15, -0.1) is 0 Å². The number of fused-ring (bicyclic) bond motifs is 1. The van der Waals surface area contributed by atoms with E-state index in [0.29, 0.717) is 25.3 Å². The summed E-state index contributed by atoms with van der Waals surface area (Å²) in [4.78, 5) is 15.2. The molecule has 4 rings (SSSR count). The number of amides is 1. The van der Waals surface area contributed by atoms with Crippen LogP contribution in [0.2, 0.25) is 0 Å². The summed E-state index contributed by atoms with van der Waals surface area (Å²) in [6, 6.07) is 16.6. The number of carbonyl (C=O) groups excluding carboxylic acids is 1. The van der Waals surface area contributed by atoms with Gasteiger partial charge in [-0.3, -0.25) is 4.79 Å². The van der Waals surface area contributed by atoms with Crippen LogP contribution in [-0.2, 0) is 13.0 Å². The van der Waals surface area contributed by atoms with Crippen molar-refractivity contribution in [1.82, 2.24) is 4.90 Å². The van der Waals surface area contributed by atoms with Gasteiger partial charge in [0.1, 0.15) is 0 Å². The Morgan fingerprint density at radius 2 is 1.80 bits per heavy atom. The molecule has 0 saturated carbocycles. The number of nitrogen functional groups attached to an aromatic ring is 1. The van der Waals surface area contributed by atoms with Crippen molar-refractivity contribution in [2.24, 2.45) is 11.6 Å². The van der Waals surface area contributed by atoms with Gasteiger partial charge in [0.2, 0.25) is 0 Å². The largest absolute Gasteiger partial charge is 0.397 e. The molecule has 3 aromatic rings. The maximum atomic E-state index is 13.2. The highest BCUT2D eigenvalue weighted by Gasteiger charge is 2.24. The number of aryl methyl sites for hydroxylation is 2. The van der Waals surface area contributed by atoms with E-state index >= 15 is 0 Å². The molecule has 6 nitrogen and oxygen atoms in total. The van der Waals surface area contributed by atoms with Crippen molar-refractivity contribution in [2.75, 3.05) is 30.4 Å². The zero-order chi connectivity index (χ0) is 25.3. The van der Waals surface area contributed by atoms with E-state index in [0.717, 1.165) is 46.5 Å². The predicted molar refractivity (Wildman–Crippen MR) is 144 cm³/mol. The standard InChI is InChI=1S/C29H37N5O/c1-5-34(32)27-11-10-25(20(4)28(27)31)26(16-30)22-9-8-21-12-13-33(17-24(21)15-22)29(35)23-7-6-18(2)19(3)14-23/h6-11,14-15,26H,5,12-13,16-17,30-32H2,1-4H3. The van der Waals surface area contributed by atoms with Crippen LogP contribution in [0.4, 0.5) is 11.4 Å². The minimum atomic E-state index is 0.00956. The molecule has 6 N–H and O–H groups in total. The number of anilines is 2. The first-order chi connectivity index (χ1) is 16.7. The summed E-state index contributed by atoms with van der Waals surface area (Å²) < 4.78 is 0. The molecule has 0 spiro atoms. The van der Waals surface area contributed by atoms with E-state index in [1.165, 1.54) is 16.7 Å². The van der Waals surface area contributed by atoms with Crippen LogP contribution in [-0.4, -0.2) is 30.4 Å². The first-order valence-corrected chi connectivity index (χ1v) is 12.3. The normalized spacial score (nSPS) is 13.9. The molecule has 0 aromatic heterocycles. The van der Waals surface area contributed by atoms with Crippen LogP contribution >= 0.6 is 0 Å². The third kappa shape index (κ3) is 4.77. The summed E-state index contributed by atoms with van der Waals surface area (Å²) in [5, 5.41) is 1.66. The van der Waals surface area contributed by atoms with Crippen molar-refractivity contribution in [3.63, 3.8) is 0 Å². The third-order valence-electron chi connectivity index (χ3n) is 7.48. The maximum absolute atomic E-state index is 13.2. The zero-order valence-corrected chi connectivity index (χ0v) is 21.3. The van der Waals surface area contributed by atoms with E-state index in [4.69, 9.17) is 17.3 Å². The lowest BCUT2D eigenvalue weighted by molar-refractivity contribution is 0.0734. The van der Waals surface area contributed by atoms with Crippen LogP contribution in [0, 0.1) is 20.8 Å². The average Bonchev–Trinajstić information content (AvgIpc) is 2.87. The lowest BCUT2D eigenvalue weighted by Crippen LogP contribution is -2.36. The van der Waals surface area contributed by atoms with Crippen LogP contribution in [0.5, 0.6) is 0 Å². The van der Waals surface area contributed by atoms with E-state index in [2.05, 4.69) is 31.2 Å². The van der Waals surface area contributed by atoms with Crippen molar-refractivity contribution < 1.29 is 4.79 Å². The van der Waals surface area contributed by atoms with Crippen molar-refractivity contribution in [3.8, 4) is 0 Å². The molecule has 6 heteroatoms. The summed E-state index contributed by atoms with van der Waals surface area (Å²) in [7, 11) is 0. The van der Waals surface area contributed by atoms with Gasteiger partial charge in [-0.1, -0.05) is 30.3 Å². The molecule has 1 aliphatic rings. The number of hydrogen-bond acceptors (Lipinski definition) is 5. The van der Waals surface area contributed by atoms with Gasteiger partial charge in [-0.2, -0.15) is 0 Å². The highest BCUT2D eigenvalue weighted by atomic mass is 16.2. The SMILES string of the molecule is CCN(N)c1ccc(C(CN)c2ccc3c(c2)CN(C(=O)c2ccc(C)c(C)c2)CC3)c(C)c1N. The molecule has 0 radical (unpaired) electrons. The number of nitrogens with two attached hydrogens (primary N) is 3. The Morgan fingerprint density at radius 1 is 1.03 bits per heavy atom. The van der Waals surface area contributed by atoms with Gasteiger partial charge in [0.25, 0.3) is 5.91 Å². The van der Waals surface area contributed by atoms with Gasteiger partial charge in [0.05, 0.1) is 11.4 Å². The lowest BCUT2D eigenvalue weighted by Gasteiger charge is -2.30. The average molecular weight is 472 g/mol. The Morgan fingerprint density at radius 3 is 2.49 bits per heavy atom. The molecule has 1 unspecified atom stereocenters. The quantitative estimate of drug-likeness (QED) is 0.284. The van der Waals surface area contributed by atoms with Crippen molar-refractivity contribution >= 4 is 17.3 Å². The fourth-order valence-corrected chi connectivity index (χ4v) is 5.00. The third-order valence-corrected chi connectivity index (χ3v) is 7.48. The van der Waals surface area contributed by atoms with Crippen molar-refractivity contribution in [1.29, 1.82) is 0 Å². The van der Waals surface area contributed by atoms with E-state index in [1.54, 1.807) is 5.01 Å². The number of nitrogens with zero attached hydrogens (tertiary/aromatic N) is 2. The molecule has 1 amide bonds. The predicted octanol–water partition coefficient (Wildman–Crippen LogP) is 4.18. The molecule has 0 saturated heterocycles. The van der Waals surface area contributed by atoms with Gasteiger partial charge < -0.3 is 21.4 Å². The molecular formula is C29H37N5O. The lowest BCUT2D eigenvalue weighted by atomic mass is 9.85. The second-order valence-electron chi connectivity index (χ2n) is 9.59. The summed E-state index contributed by atoms with van der Waals surface area (Å²) in [6.07, 6.45) is 0.851. The molecular weight excluding hydrogens is 434 g/mol. The van der Waals surface area contributed by atoms with E-state index in [9.17, 15) is 4.79 Å². The Labute approximate surface area is 208 Å². The van der Waals surface area contributed by atoms with Gasteiger partial charge in [0.15, 0.2) is 0 Å². The van der Waals surface area contributed by atoms with Crippen molar-refractivity contribution in [2.45, 2.75) is 46.6 Å². The number of carbonyl (C=O) groups is 1. The zero-order valence-electron chi connectivity index (χ0n) is 21.3. The molecule has 0 aliphatic carbocycles. The van der Waals surface area contributed by atoms with Crippen LogP contribution in [0.15, 0.2) is 48.5 Å². The summed E-state index contributed by atoms with van der Waals surface area (Å²) in [5.41, 5.74) is 23.1. The van der Waals surface area contributed by atoms with Crippen LogP contribution < -0.4 is 22.3 Å². The Kier molecular flexibility index (Phi) is 7.15. The minimum Gasteiger partial charge on any atom is -0.397 e. The molecule has 1 aliphatic heterocycles. The molecule has 184 valence electrons. The van der Waals surface area contributed by atoms with Gasteiger partial charge in [-0.05, 0) is 91.3 Å². The van der Waals surface area contributed by atoms with E-state index in [-0.39, 0.29) is 11.8 Å². The Bertz CT molecular complexity index is 1250. The molecule has 3 aromatic carbocycles. The fraction of sp³-hybridized carbons (Fsp3) is 0.345. The van der Waals surface area contributed by atoms with Crippen LogP contribution in [0.25, 0.3) is 0 Å². The smallest absolute Gasteiger partial charge is 0.254 e. The van der Waals surface area contributed by atoms with Gasteiger partial charge >= 0.3 is 0 Å². The summed E-state index contributed by atoms with van der Waals surface area (Å²) in [5.74, 6) is 6.20. The molecule has 0 fully saturated rings. The molecule has 1 heterocycles. The van der Waals surface area contributed by atoms with Crippen LogP contribution in [0.1, 0.15) is 62.1 Å². The molecule has 35 heavy (non-hydrogen) atoms. The molecule has 0 bridgehead atoms. The monoisotopic (exact) mass is 471 g/mol. The van der Waals surface area contributed by atoms with Gasteiger partial charge in [-0.25, -0.2) is 5.84 Å². The summed E-state index contributed by atoms with van der Waals surface area (Å²) in [6.45, 7) is 10.6. The molecule has 1 atom stereocenters. The Balaban J connectivity index is 1.62. The first-order valence-electron chi connectivity index (χ1n) is 12.3. The minimum absolute atomic E-state index is 0.00956. The topological polar surface area (TPSA) is 102 Å². The highest BCUT2D eigenvalue weighted by Crippen LogP contribution is 2.35. The second kappa shape index (κ2) is 10.1. The number of benzene rings is 3. The first kappa shape index (κ1) is 24.8. The van der Waals surface area contributed by atoms with Gasteiger partial charge in [0, 0.05) is 37.7 Å². The van der Waals surface area contributed by atoms with E-state index in [1.807, 2.05) is 49.9 Å². The maximum Gasteiger partial charge on any atom is 0.254 e. The van der Waals surface area contributed by atoms with E-state index < -0.39 is 0 Å². The Hall–Kier alpha value is -3.35. The fourth-order valence-electron chi connectivity index (χ4n) is 5.00. The number of rotatable bonds is 6. The van der Waals surface area contributed by atoms with Crippen molar-refractivity contribution in [3.05, 3.63) is 93.0 Å². The summed E-state index contributed by atoms with van der Waals surface area (Å²) >= 11 is 0. The van der Waals surface area contributed by atoms with Crippen LogP contribution in [0.3, 0.4) is 0 Å². The highest BCUT2D eigenvalue weighted by molar-refractivity contribution is 5.94.